The molecule has 7 nitrogen and oxygen atoms in total. The van der Waals surface area contributed by atoms with Gasteiger partial charge in [-0.15, -0.1) is 0 Å². The first kappa shape index (κ1) is 20.1. The Morgan fingerprint density at radius 1 is 1.00 bits per heavy atom. The van der Waals surface area contributed by atoms with Crippen molar-refractivity contribution >= 4 is 17.4 Å². The number of para-hydroxylation sites is 2. The molecule has 0 bridgehead atoms. The quantitative estimate of drug-likeness (QED) is 0.319. The van der Waals surface area contributed by atoms with Gasteiger partial charge in [0.2, 0.25) is 0 Å². The third-order valence-electron chi connectivity index (χ3n) is 3.84. The molecule has 7 heteroatoms. The zero-order chi connectivity index (χ0) is 20.0. The highest BCUT2D eigenvalue weighted by Crippen LogP contribution is 2.25. The van der Waals surface area contributed by atoms with Crippen LogP contribution >= 0.6 is 0 Å². The maximum atomic E-state index is 12.1. The van der Waals surface area contributed by atoms with Crippen molar-refractivity contribution in [1.82, 2.24) is 0 Å². The number of carbonyl (C=O) groups is 2. The molecule has 0 atom stereocenters. The molecule has 0 spiro atoms. The molecule has 0 heterocycles. The van der Waals surface area contributed by atoms with Gasteiger partial charge >= 0.3 is 11.7 Å². The van der Waals surface area contributed by atoms with Gasteiger partial charge in [-0.1, -0.05) is 57.2 Å². The highest BCUT2D eigenvalue weighted by atomic mass is 16.6. The molecule has 2 aromatic carbocycles. The van der Waals surface area contributed by atoms with Crippen LogP contribution in [0.25, 0.3) is 0 Å². The van der Waals surface area contributed by atoms with E-state index in [0.717, 1.165) is 5.56 Å². The fourth-order valence-corrected chi connectivity index (χ4v) is 2.29. The van der Waals surface area contributed by atoms with Crippen LogP contribution in [-0.2, 0) is 14.9 Å². The van der Waals surface area contributed by atoms with Crippen LogP contribution in [-0.4, -0.2) is 29.9 Å². The van der Waals surface area contributed by atoms with Gasteiger partial charge in [-0.2, -0.15) is 0 Å². The number of rotatable bonds is 7. The molecular formula is C20H21NO6. The Bertz CT molecular complexity index is 836. The number of nitro groups is 1. The molecule has 2 aromatic rings. The van der Waals surface area contributed by atoms with Crippen LogP contribution < -0.4 is 4.74 Å². The van der Waals surface area contributed by atoms with E-state index in [2.05, 4.69) is 20.8 Å². The third kappa shape index (κ3) is 5.64. The van der Waals surface area contributed by atoms with Crippen molar-refractivity contribution in [2.75, 3.05) is 13.2 Å². The minimum Gasteiger partial charge on any atom is -0.475 e. The van der Waals surface area contributed by atoms with Crippen LogP contribution in [0.15, 0.2) is 48.5 Å². The molecule has 0 saturated carbocycles. The Balaban J connectivity index is 1.87. The van der Waals surface area contributed by atoms with Crippen LogP contribution in [0.3, 0.4) is 0 Å². The molecule has 0 saturated heterocycles. The molecule has 0 unspecified atom stereocenters. The Hall–Kier alpha value is -3.22. The normalized spacial score (nSPS) is 10.9. The zero-order valence-corrected chi connectivity index (χ0v) is 15.4. The second kappa shape index (κ2) is 8.44. The lowest BCUT2D eigenvalue weighted by atomic mass is 9.86. The second-order valence-corrected chi connectivity index (χ2v) is 6.92. The first-order valence-corrected chi connectivity index (χ1v) is 8.34. The van der Waals surface area contributed by atoms with Gasteiger partial charge in [-0.3, -0.25) is 14.9 Å². The number of ether oxygens (including phenoxy) is 2. The van der Waals surface area contributed by atoms with Gasteiger partial charge < -0.3 is 9.47 Å². The fourth-order valence-electron chi connectivity index (χ4n) is 2.29. The highest BCUT2D eigenvalue weighted by Gasteiger charge is 2.17. The lowest BCUT2D eigenvalue weighted by molar-refractivity contribution is -0.385. The predicted octanol–water partition coefficient (Wildman–Crippen LogP) is 3.70. The van der Waals surface area contributed by atoms with Crippen molar-refractivity contribution in [3.63, 3.8) is 0 Å². The highest BCUT2D eigenvalue weighted by molar-refractivity contribution is 5.98. The number of benzene rings is 2. The lowest BCUT2D eigenvalue weighted by Gasteiger charge is -2.18. The molecule has 0 fully saturated rings. The fraction of sp³-hybridized carbons (Fsp3) is 0.300. The average molecular weight is 371 g/mol. The molecule has 142 valence electrons. The number of Topliss-reactive ketones (excluding diaryl/α,β-unsaturated/α-hetero) is 1. The van der Waals surface area contributed by atoms with E-state index in [9.17, 15) is 19.7 Å². The minimum atomic E-state index is -0.784. The number of ketones is 1. The molecule has 2 rings (SSSR count). The van der Waals surface area contributed by atoms with Gasteiger partial charge in [-0.25, -0.2) is 4.79 Å². The van der Waals surface area contributed by atoms with Crippen molar-refractivity contribution in [2.24, 2.45) is 0 Å². The molecule has 0 aliphatic carbocycles. The summed E-state index contributed by atoms with van der Waals surface area (Å²) in [6.45, 7) is 5.27. The van der Waals surface area contributed by atoms with E-state index in [1.165, 1.54) is 18.2 Å². The van der Waals surface area contributed by atoms with Gasteiger partial charge in [0.25, 0.3) is 0 Å². The largest absolute Gasteiger partial charge is 0.475 e. The molecule has 0 aromatic heterocycles. The molecule has 0 amide bonds. The standard InChI is InChI=1S/C20H21NO6/c1-20(2,3)15-10-8-14(9-11-15)17(22)12-27-19(23)13-26-18-7-5-4-6-16(18)21(24)25/h4-11H,12-13H2,1-3H3. The third-order valence-corrected chi connectivity index (χ3v) is 3.84. The van der Waals surface area contributed by atoms with E-state index in [4.69, 9.17) is 9.47 Å². The number of esters is 1. The first-order valence-electron chi connectivity index (χ1n) is 8.34. The van der Waals surface area contributed by atoms with Crippen molar-refractivity contribution in [3.8, 4) is 5.75 Å². The zero-order valence-electron chi connectivity index (χ0n) is 15.4. The van der Waals surface area contributed by atoms with Gasteiger partial charge in [0.15, 0.2) is 24.7 Å². The van der Waals surface area contributed by atoms with E-state index < -0.39 is 24.1 Å². The maximum Gasteiger partial charge on any atom is 0.344 e. The van der Waals surface area contributed by atoms with Gasteiger partial charge in [0, 0.05) is 11.6 Å². The smallest absolute Gasteiger partial charge is 0.344 e. The van der Waals surface area contributed by atoms with Crippen molar-refractivity contribution in [3.05, 3.63) is 69.8 Å². The van der Waals surface area contributed by atoms with Crippen LogP contribution in [0.5, 0.6) is 5.75 Å². The van der Waals surface area contributed by atoms with Crippen molar-refractivity contribution < 1.29 is 24.0 Å². The molecule has 0 aliphatic heterocycles. The predicted molar refractivity (Wildman–Crippen MR) is 99.0 cm³/mol. The van der Waals surface area contributed by atoms with E-state index in [-0.39, 0.29) is 22.6 Å². The Morgan fingerprint density at radius 3 is 2.22 bits per heavy atom. The summed E-state index contributed by atoms with van der Waals surface area (Å²) in [4.78, 5) is 34.2. The number of nitrogens with zero attached hydrogens (tertiary/aromatic N) is 1. The summed E-state index contributed by atoms with van der Waals surface area (Å²) in [5.74, 6) is -1.16. The van der Waals surface area contributed by atoms with E-state index in [0.29, 0.717) is 5.56 Å². The van der Waals surface area contributed by atoms with E-state index in [1.807, 2.05) is 12.1 Å². The molecule has 0 aliphatic rings. The van der Waals surface area contributed by atoms with Gasteiger partial charge in [-0.05, 0) is 17.0 Å². The molecule has 0 N–H and O–H groups in total. The Kier molecular flexibility index (Phi) is 6.28. The summed E-state index contributed by atoms with van der Waals surface area (Å²) in [6, 6.07) is 12.8. The first-order chi connectivity index (χ1) is 12.7. The number of hydrogen-bond donors (Lipinski definition) is 0. The summed E-state index contributed by atoms with van der Waals surface area (Å²) >= 11 is 0. The Labute approximate surface area is 157 Å². The molecular weight excluding hydrogens is 350 g/mol. The molecule has 27 heavy (non-hydrogen) atoms. The SMILES string of the molecule is CC(C)(C)c1ccc(C(=O)COC(=O)COc2ccccc2[N+](=O)[O-])cc1. The van der Waals surface area contributed by atoms with Gasteiger partial charge in [0.1, 0.15) is 0 Å². The summed E-state index contributed by atoms with van der Waals surface area (Å²) in [6.07, 6.45) is 0. The van der Waals surface area contributed by atoms with E-state index >= 15 is 0 Å². The van der Waals surface area contributed by atoms with Crippen LogP contribution in [0, 0.1) is 10.1 Å². The monoisotopic (exact) mass is 371 g/mol. The summed E-state index contributed by atoms with van der Waals surface area (Å²) in [5, 5.41) is 10.9. The van der Waals surface area contributed by atoms with Gasteiger partial charge in [0.05, 0.1) is 4.92 Å². The second-order valence-electron chi connectivity index (χ2n) is 6.92. The van der Waals surface area contributed by atoms with E-state index in [1.54, 1.807) is 18.2 Å². The summed E-state index contributed by atoms with van der Waals surface area (Å²) < 4.78 is 10.0. The number of nitro benzene ring substituents is 1. The maximum absolute atomic E-state index is 12.1. The Morgan fingerprint density at radius 2 is 1.63 bits per heavy atom. The molecule has 0 radical (unpaired) electrons. The van der Waals surface area contributed by atoms with Crippen molar-refractivity contribution in [1.29, 1.82) is 0 Å². The summed E-state index contributed by atoms with van der Waals surface area (Å²) in [7, 11) is 0. The lowest BCUT2D eigenvalue weighted by Crippen LogP contribution is -2.20. The van der Waals surface area contributed by atoms with Crippen molar-refractivity contribution in [2.45, 2.75) is 26.2 Å². The number of carbonyl (C=O) groups excluding carboxylic acids is 2. The summed E-state index contributed by atoms with van der Waals surface area (Å²) in [5.41, 5.74) is 1.26. The topological polar surface area (TPSA) is 95.7 Å². The number of hydrogen-bond acceptors (Lipinski definition) is 6. The average Bonchev–Trinajstić information content (AvgIpc) is 2.64. The van der Waals surface area contributed by atoms with Crippen LogP contribution in [0.2, 0.25) is 0 Å². The van der Waals surface area contributed by atoms with Crippen LogP contribution in [0.1, 0.15) is 36.7 Å². The van der Waals surface area contributed by atoms with Crippen LogP contribution in [0.4, 0.5) is 5.69 Å². The minimum absolute atomic E-state index is 0.0224.